The third-order valence-electron chi connectivity index (χ3n) is 9.86. The fraction of sp³-hybridized carbons (Fsp3) is 0.741. The van der Waals surface area contributed by atoms with Crippen LogP contribution in [0.1, 0.15) is 104 Å². The maximum absolute atomic E-state index is 12.7. The Balaban J connectivity index is 1.39. The van der Waals surface area contributed by atoms with Crippen LogP contribution in [0.25, 0.3) is 0 Å². The van der Waals surface area contributed by atoms with Crippen LogP contribution in [-0.4, -0.2) is 11.1 Å². The van der Waals surface area contributed by atoms with Crippen molar-refractivity contribution in [2.45, 2.75) is 83.0 Å². The summed E-state index contributed by atoms with van der Waals surface area (Å²) in [6.07, 6.45) is 13.4. The summed E-state index contributed by atoms with van der Waals surface area (Å²) in [5.74, 6) is 6.07. The molecule has 6 aliphatic carbocycles. The highest BCUT2D eigenvalue weighted by Gasteiger charge is 2.50. The minimum Gasteiger partial charge on any atom is -0.478 e. The monoisotopic (exact) mass is 392 g/mol. The van der Waals surface area contributed by atoms with Gasteiger partial charge in [-0.3, -0.25) is 0 Å². The topological polar surface area (TPSA) is 37.3 Å². The van der Waals surface area contributed by atoms with Crippen molar-refractivity contribution in [3.05, 3.63) is 34.9 Å². The Hall–Kier alpha value is -1.31. The molecule has 4 unspecified atom stereocenters. The first-order valence-corrected chi connectivity index (χ1v) is 12.4. The second kappa shape index (κ2) is 6.86. The van der Waals surface area contributed by atoms with E-state index in [9.17, 15) is 9.90 Å². The Morgan fingerprint density at radius 2 is 1.45 bits per heavy atom. The Morgan fingerprint density at radius 3 is 2.14 bits per heavy atom. The Kier molecular flexibility index (Phi) is 4.36. The summed E-state index contributed by atoms with van der Waals surface area (Å²) < 4.78 is 0. The Labute approximate surface area is 175 Å². The molecular formula is C27H36O2. The Bertz CT molecular complexity index is 781. The van der Waals surface area contributed by atoms with Gasteiger partial charge in [0.05, 0.1) is 5.56 Å². The van der Waals surface area contributed by atoms with E-state index < -0.39 is 5.97 Å². The van der Waals surface area contributed by atoms with Gasteiger partial charge >= 0.3 is 5.97 Å². The molecule has 7 rings (SSSR count). The number of carboxylic acids is 1. The van der Waals surface area contributed by atoms with Crippen LogP contribution in [0.3, 0.4) is 0 Å². The van der Waals surface area contributed by atoms with E-state index in [0.29, 0.717) is 17.8 Å². The van der Waals surface area contributed by atoms with Gasteiger partial charge in [0.25, 0.3) is 0 Å². The highest BCUT2D eigenvalue weighted by atomic mass is 16.4. The molecule has 6 aliphatic rings. The number of hydrogen-bond acceptors (Lipinski definition) is 1. The van der Waals surface area contributed by atoms with Gasteiger partial charge in [-0.2, -0.15) is 0 Å². The SMILES string of the molecule is CC1CC2CCC(c3cccc(C4C5CC6CC(C5)CC4C6)c3C(=O)O)C(C1)C2. The molecular weight excluding hydrogens is 356 g/mol. The molecule has 156 valence electrons. The summed E-state index contributed by atoms with van der Waals surface area (Å²) in [7, 11) is 0. The smallest absolute Gasteiger partial charge is 0.336 e. The summed E-state index contributed by atoms with van der Waals surface area (Å²) >= 11 is 0. The fourth-order valence-corrected chi connectivity index (χ4v) is 9.28. The predicted octanol–water partition coefficient (Wildman–Crippen LogP) is 6.85. The largest absolute Gasteiger partial charge is 0.478 e. The summed E-state index contributed by atoms with van der Waals surface area (Å²) in [5.41, 5.74) is 3.14. The lowest BCUT2D eigenvalue weighted by Gasteiger charge is -2.55. The first kappa shape index (κ1) is 18.5. The summed E-state index contributed by atoms with van der Waals surface area (Å²) in [5, 5.41) is 10.4. The summed E-state index contributed by atoms with van der Waals surface area (Å²) in [4.78, 5) is 12.7. The van der Waals surface area contributed by atoms with Gasteiger partial charge in [0, 0.05) is 0 Å². The van der Waals surface area contributed by atoms with Crippen LogP contribution in [0.2, 0.25) is 0 Å². The zero-order chi connectivity index (χ0) is 19.7. The van der Waals surface area contributed by atoms with E-state index in [1.807, 2.05) is 0 Å². The van der Waals surface area contributed by atoms with E-state index in [4.69, 9.17) is 0 Å². The molecule has 6 bridgehead atoms. The molecule has 0 saturated heterocycles. The van der Waals surface area contributed by atoms with Crippen molar-refractivity contribution >= 4 is 5.97 Å². The van der Waals surface area contributed by atoms with Crippen LogP contribution >= 0.6 is 0 Å². The first-order valence-electron chi connectivity index (χ1n) is 12.4. The molecule has 6 saturated carbocycles. The van der Waals surface area contributed by atoms with Crippen LogP contribution < -0.4 is 0 Å². The standard InChI is InChI=1S/C27H36O2/c1-15-7-16-5-6-22(19(8-15)10-16)23-3-2-4-24(26(23)27(28)29)25-20-11-17-9-18(13-20)14-21(25)12-17/h2-4,15-22,25H,5-14H2,1H3,(H,28,29). The minimum atomic E-state index is -0.657. The number of carboxylic acid groups (broad SMARTS) is 1. The van der Waals surface area contributed by atoms with Gasteiger partial charge in [-0.15, -0.1) is 0 Å². The first-order chi connectivity index (χ1) is 14.1. The van der Waals surface area contributed by atoms with Crippen molar-refractivity contribution in [2.24, 2.45) is 41.4 Å². The van der Waals surface area contributed by atoms with E-state index in [2.05, 4.69) is 25.1 Å². The zero-order valence-electron chi connectivity index (χ0n) is 17.9. The number of aromatic carboxylic acids is 1. The van der Waals surface area contributed by atoms with Crippen molar-refractivity contribution < 1.29 is 9.90 Å². The fourth-order valence-electron chi connectivity index (χ4n) is 9.28. The van der Waals surface area contributed by atoms with E-state index in [1.54, 1.807) is 0 Å². The molecule has 1 N–H and O–H groups in total. The van der Waals surface area contributed by atoms with Crippen LogP contribution in [-0.2, 0) is 0 Å². The van der Waals surface area contributed by atoms with Crippen molar-refractivity contribution in [3.8, 4) is 0 Å². The van der Waals surface area contributed by atoms with Gasteiger partial charge in [-0.25, -0.2) is 4.79 Å². The molecule has 0 amide bonds. The molecule has 2 heteroatoms. The number of carbonyl (C=O) groups is 1. The van der Waals surface area contributed by atoms with Crippen LogP contribution in [0.15, 0.2) is 18.2 Å². The van der Waals surface area contributed by atoms with Crippen molar-refractivity contribution in [1.29, 1.82) is 0 Å². The van der Waals surface area contributed by atoms with E-state index in [-0.39, 0.29) is 0 Å². The van der Waals surface area contributed by atoms with Crippen molar-refractivity contribution in [1.82, 2.24) is 0 Å². The number of hydrogen-bond donors (Lipinski definition) is 1. The van der Waals surface area contributed by atoms with Crippen LogP contribution in [0.5, 0.6) is 0 Å². The number of benzene rings is 1. The maximum atomic E-state index is 12.7. The zero-order valence-corrected chi connectivity index (χ0v) is 17.9. The van der Waals surface area contributed by atoms with Gasteiger partial charge in [-0.05, 0) is 129 Å². The molecule has 1 aromatic rings. The lowest BCUT2D eigenvalue weighted by atomic mass is 9.50. The third kappa shape index (κ3) is 3.00. The summed E-state index contributed by atoms with van der Waals surface area (Å²) in [6.45, 7) is 2.41. The van der Waals surface area contributed by atoms with Gasteiger partial charge < -0.3 is 5.11 Å². The second-order valence-electron chi connectivity index (χ2n) is 11.7. The van der Waals surface area contributed by atoms with Crippen molar-refractivity contribution in [3.63, 3.8) is 0 Å². The van der Waals surface area contributed by atoms with Gasteiger partial charge in [0.1, 0.15) is 0 Å². The molecule has 2 nitrogen and oxygen atoms in total. The minimum absolute atomic E-state index is 0.469. The molecule has 0 aromatic heterocycles. The molecule has 0 spiro atoms. The van der Waals surface area contributed by atoms with Crippen molar-refractivity contribution in [2.75, 3.05) is 0 Å². The highest BCUT2D eigenvalue weighted by molar-refractivity contribution is 5.92. The molecule has 6 fully saturated rings. The maximum Gasteiger partial charge on any atom is 0.336 e. The normalized spacial score (nSPS) is 45.3. The lowest BCUT2D eigenvalue weighted by molar-refractivity contribution is -0.00322. The molecule has 0 aliphatic heterocycles. The molecule has 1 aromatic carbocycles. The van der Waals surface area contributed by atoms with Gasteiger partial charge in [-0.1, -0.05) is 25.1 Å². The second-order valence-corrected chi connectivity index (χ2v) is 11.7. The average molecular weight is 393 g/mol. The van der Waals surface area contributed by atoms with E-state index in [0.717, 1.165) is 41.1 Å². The predicted molar refractivity (Wildman–Crippen MR) is 115 cm³/mol. The van der Waals surface area contributed by atoms with E-state index >= 15 is 0 Å². The molecule has 29 heavy (non-hydrogen) atoms. The van der Waals surface area contributed by atoms with Gasteiger partial charge in [0.2, 0.25) is 0 Å². The average Bonchev–Trinajstić information content (AvgIpc) is 2.66. The molecule has 4 atom stereocenters. The lowest BCUT2D eigenvalue weighted by Crippen LogP contribution is -2.44. The summed E-state index contributed by atoms with van der Waals surface area (Å²) in [6, 6.07) is 6.60. The van der Waals surface area contributed by atoms with E-state index in [1.165, 1.54) is 75.3 Å². The number of rotatable bonds is 3. The molecule has 0 heterocycles. The van der Waals surface area contributed by atoms with Gasteiger partial charge in [0.15, 0.2) is 0 Å². The highest BCUT2D eigenvalue weighted by Crippen LogP contribution is 2.60. The third-order valence-corrected chi connectivity index (χ3v) is 9.86. The van der Waals surface area contributed by atoms with Crippen LogP contribution in [0.4, 0.5) is 0 Å². The quantitative estimate of drug-likeness (QED) is 0.610. The Morgan fingerprint density at radius 1 is 0.793 bits per heavy atom. The van der Waals surface area contributed by atoms with Crippen LogP contribution in [0, 0.1) is 41.4 Å². The number of fused-ring (bicyclic) bond motifs is 2. The molecule has 0 radical (unpaired) electrons.